The highest BCUT2D eigenvalue weighted by Gasteiger charge is 2.04. The van der Waals surface area contributed by atoms with Gasteiger partial charge in [-0.15, -0.1) is 0 Å². The zero-order valence-corrected chi connectivity index (χ0v) is 7.84. The summed E-state index contributed by atoms with van der Waals surface area (Å²) < 4.78 is 0. The van der Waals surface area contributed by atoms with Crippen molar-refractivity contribution in [2.75, 3.05) is 0 Å². The molecule has 0 bridgehead atoms. The molecule has 0 aliphatic heterocycles. The number of H-pyrrole nitrogens is 1. The molecule has 2 heterocycles. The van der Waals surface area contributed by atoms with E-state index in [1.807, 2.05) is 19.1 Å². The number of pyridine rings is 1. The second-order valence-electron chi connectivity index (χ2n) is 2.78. The minimum atomic E-state index is 0.515. The molecule has 0 aromatic carbocycles. The number of aromatic nitrogens is 3. The largest absolute Gasteiger partial charge is 0.285 e. The average molecular weight is 194 g/mol. The SMILES string of the molecule is Cc1ccc(-c2cn[nH]c2)c(Cl)n1. The summed E-state index contributed by atoms with van der Waals surface area (Å²) in [6.45, 7) is 1.91. The van der Waals surface area contributed by atoms with Crippen molar-refractivity contribution in [1.82, 2.24) is 15.2 Å². The molecule has 0 radical (unpaired) electrons. The third-order valence-electron chi connectivity index (χ3n) is 1.80. The van der Waals surface area contributed by atoms with Gasteiger partial charge in [-0.1, -0.05) is 11.6 Å². The van der Waals surface area contributed by atoms with E-state index in [2.05, 4.69) is 15.2 Å². The molecule has 0 aliphatic carbocycles. The number of nitrogens with zero attached hydrogens (tertiary/aromatic N) is 2. The monoisotopic (exact) mass is 193 g/mol. The number of aromatic amines is 1. The van der Waals surface area contributed by atoms with Gasteiger partial charge in [-0.2, -0.15) is 5.10 Å². The lowest BCUT2D eigenvalue weighted by molar-refractivity contribution is 1.09. The molecule has 0 unspecified atom stereocenters. The van der Waals surface area contributed by atoms with Gasteiger partial charge in [0.1, 0.15) is 5.15 Å². The van der Waals surface area contributed by atoms with E-state index in [9.17, 15) is 0 Å². The number of halogens is 1. The molecule has 0 saturated heterocycles. The van der Waals surface area contributed by atoms with Crippen LogP contribution in [0.5, 0.6) is 0 Å². The van der Waals surface area contributed by atoms with Crippen molar-refractivity contribution in [2.45, 2.75) is 6.92 Å². The Bertz CT molecular complexity index is 409. The summed E-state index contributed by atoms with van der Waals surface area (Å²) in [7, 11) is 0. The van der Waals surface area contributed by atoms with E-state index in [1.165, 1.54) is 0 Å². The van der Waals surface area contributed by atoms with Gasteiger partial charge in [0.2, 0.25) is 0 Å². The number of aryl methyl sites for hydroxylation is 1. The summed E-state index contributed by atoms with van der Waals surface area (Å²) >= 11 is 5.97. The Labute approximate surface area is 80.8 Å². The molecule has 4 heteroatoms. The summed E-state index contributed by atoms with van der Waals surface area (Å²) in [5.41, 5.74) is 2.77. The van der Waals surface area contributed by atoms with Gasteiger partial charge >= 0.3 is 0 Å². The maximum Gasteiger partial charge on any atom is 0.137 e. The molecule has 2 aromatic heterocycles. The minimum Gasteiger partial charge on any atom is -0.285 e. The van der Waals surface area contributed by atoms with Crippen LogP contribution in [0.3, 0.4) is 0 Å². The van der Waals surface area contributed by atoms with Crippen molar-refractivity contribution in [3.63, 3.8) is 0 Å². The average Bonchev–Trinajstić information content (AvgIpc) is 2.56. The van der Waals surface area contributed by atoms with Gasteiger partial charge in [0.15, 0.2) is 0 Å². The Morgan fingerprint density at radius 1 is 1.38 bits per heavy atom. The molecule has 13 heavy (non-hydrogen) atoms. The lowest BCUT2D eigenvalue weighted by atomic mass is 10.1. The molecule has 2 aromatic rings. The van der Waals surface area contributed by atoms with E-state index in [0.29, 0.717) is 5.15 Å². The Kier molecular flexibility index (Phi) is 2.02. The van der Waals surface area contributed by atoms with Gasteiger partial charge in [-0.25, -0.2) is 4.98 Å². The number of hydrogen-bond acceptors (Lipinski definition) is 2. The quantitative estimate of drug-likeness (QED) is 0.707. The van der Waals surface area contributed by atoms with Crippen molar-refractivity contribution in [3.8, 4) is 11.1 Å². The lowest BCUT2D eigenvalue weighted by Crippen LogP contribution is -1.84. The Morgan fingerprint density at radius 2 is 2.23 bits per heavy atom. The number of hydrogen-bond donors (Lipinski definition) is 1. The van der Waals surface area contributed by atoms with Crippen LogP contribution < -0.4 is 0 Å². The molecule has 0 atom stereocenters. The van der Waals surface area contributed by atoms with E-state index in [-0.39, 0.29) is 0 Å². The maximum atomic E-state index is 5.97. The van der Waals surface area contributed by atoms with Crippen molar-refractivity contribution in [1.29, 1.82) is 0 Å². The van der Waals surface area contributed by atoms with Crippen LogP contribution in [0.2, 0.25) is 5.15 Å². The maximum absolute atomic E-state index is 5.97. The topological polar surface area (TPSA) is 41.6 Å². The van der Waals surface area contributed by atoms with Crippen LogP contribution in [0.25, 0.3) is 11.1 Å². The van der Waals surface area contributed by atoms with Crippen LogP contribution in [0.1, 0.15) is 5.69 Å². The zero-order valence-electron chi connectivity index (χ0n) is 7.08. The Morgan fingerprint density at radius 3 is 2.85 bits per heavy atom. The molecular weight excluding hydrogens is 186 g/mol. The third kappa shape index (κ3) is 1.55. The standard InChI is InChI=1S/C9H8ClN3/c1-6-2-3-8(9(10)13-6)7-4-11-12-5-7/h2-5H,1H3,(H,11,12). The van der Waals surface area contributed by atoms with Gasteiger partial charge < -0.3 is 0 Å². The highest BCUT2D eigenvalue weighted by Crippen LogP contribution is 2.24. The summed E-state index contributed by atoms with van der Waals surface area (Å²) in [4.78, 5) is 4.15. The molecule has 0 spiro atoms. The van der Waals surface area contributed by atoms with E-state index >= 15 is 0 Å². The van der Waals surface area contributed by atoms with Gasteiger partial charge in [0, 0.05) is 23.0 Å². The molecule has 0 amide bonds. The number of nitrogens with one attached hydrogen (secondary N) is 1. The molecular formula is C9H8ClN3. The van der Waals surface area contributed by atoms with Gasteiger partial charge in [-0.3, -0.25) is 5.10 Å². The summed E-state index contributed by atoms with van der Waals surface area (Å²) in [6, 6.07) is 3.86. The molecule has 66 valence electrons. The van der Waals surface area contributed by atoms with Crippen molar-refractivity contribution in [2.24, 2.45) is 0 Å². The van der Waals surface area contributed by atoms with E-state index in [1.54, 1.807) is 12.4 Å². The van der Waals surface area contributed by atoms with Crippen LogP contribution in [-0.2, 0) is 0 Å². The predicted octanol–water partition coefficient (Wildman–Crippen LogP) is 2.43. The molecule has 0 saturated carbocycles. The Hall–Kier alpha value is -1.35. The van der Waals surface area contributed by atoms with Crippen LogP contribution in [0, 0.1) is 6.92 Å². The predicted molar refractivity (Wildman–Crippen MR) is 51.6 cm³/mol. The highest BCUT2D eigenvalue weighted by atomic mass is 35.5. The molecule has 2 rings (SSSR count). The molecule has 0 aliphatic rings. The first-order valence-corrected chi connectivity index (χ1v) is 4.27. The van der Waals surface area contributed by atoms with Crippen molar-refractivity contribution in [3.05, 3.63) is 35.4 Å². The van der Waals surface area contributed by atoms with Crippen molar-refractivity contribution >= 4 is 11.6 Å². The second kappa shape index (κ2) is 3.18. The summed E-state index contributed by atoms with van der Waals surface area (Å²) in [5.74, 6) is 0. The van der Waals surface area contributed by atoms with Gasteiger partial charge in [0.05, 0.1) is 6.20 Å². The van der Waals surface area contributed by atoms with Crippen LogP contribution in [0.15, 0.2) is 24.5 Å². The highest BCUT2D eigenvalue weighted by molar-refractivity contribution is 6.32. The first-order chi connectivity index (χ1) is 6.27. The fourth-order valence-electron chi connectivity index (χ4n) is 1.14. The third-order valence-corrected chi connectivity index (χ3v) is 2.09. The van der Waals surface area contributed by atoms with Crippen molar-refractivity contribution < 1.29 is 0 Å². The van der Waals surface area contributed by atoms with Crippen LogP contribution >= 0.6 is 11.6 Å². The first kappa shape index (κ1) is 8.26. The van der Waals surface area contributed by atoms with Crippen LogP contribution in [0.4, 0.5) is 0 Å². The fraction of sp³-hybridized carbons (Fsp3) is 0.111. The van der Waals surface area contributed by atoms with Gasteiger partial charge in [-0.05, 0) is 19.1 Å². The molecule has 0 fully saturated rings. The minimum absolute atomic E-state index is 0.515. The Balaban J connectivity index is 2.53. The summed E-state index contributed by atoms with van der Waals surface area (Å²) in [6.07, 6.45) is 3.51. The number of rotatable bonds is 1. The smallest absolute Gasteiger partial charge is 0.137 e. The van der Waals surface area contributed by atoms with E-state index in [0.717, 1.165) is 16.8 Å². The molecule has 1 N–H and O–H groups in total. The first-order valence-electron chi connectivity index (χ1n) is 3.89. The van der Waals surface area contributed by atoms with E-state index in [4.69, 9.17) is 11.6 Å². The normalized spacial score (nSPS) is 10.3. The fourth-order valence-corrected chi connectivity index (χ4v) is 1.44. The molecule has 3 nitrogen and oxygen atoms in total. The van der Waals surface area contributed by atoms with E-state index < -0.39 is 0 Å². The van der Waals surface area contributed by atoms with Gasteiger partial charge in [0.25, 0.3) is 0 Å². The lowest BCUT2D eigenvalue weighted by Gasteiger charge is -2.00. The second-order valence-corrected chi connectivity index (χ2v) is 3.14. The van der Waals surface area contributed by atoms with Crippen LogP contribution in [-0.4, -0.2) is 15.2 Å². The summed E-state index contributed by atoms with van der Waals surface area (Å²) in [5, 5.41) is 7.10. The zero-order chi connectivity index (χ0) is 9.26.